The lowest BCUT2D eigenvalue weighted by atomic mass is 9.87. The van der Waals surface area contributed by atoms with Crippen LogP contribution in [0.5, 0.6) is 5.75 Å². The largest absolute Gasteiger partial charge is 0.491 e. The molecule has 2 unspecified atom stereocenters. The van der Waals surface area contributed by atoms with E-state index in [-0.39, 0.29) is 0 Å². The maximum absolute atomic E-state index is 5.75. The van der Waals surface area contributed by atoms with Crippen LogP contribution in [0, 0.1) is 5.92 Å². The summed E-state index contributed by atoms with van der Waals surface area (Å²) in [5.41, 5.74) is 0. The Morgan fingerprint density at radius 3 is 2.94 bits per heavy atom. The number of nitrogens with one attached hydrogen (secondary N) is 1. The second kappa shape index (κ2) is 7.15. The third-order valence-corrected chi connectivity index (χ3v) is 4.22. The van der Waals surface area contributed by atoms with Crippen LogP contribution in [0.4, 0.5) is 0 Å². The minimum atomic E-state index is 0.691. The van der Waals surface area contributed by atoms with Gasteiger partial charge in [-0.2, -0.15) is 0 Å². The molecule has 3 heteroatoms. The number of benzene rings is 1. The fourth-order valence-electron chi connectivity index (χ4n) is 2.61. The summed E-state index contributed by atoms with van der Waals surface area (Å²) in [7, 11) is 0. The molecule has 1 aliphatic rings. The molecule has 1 N–H and O–H groups in total. The molecule has 0 spiro atoms. The third-order valence-electron chi connectivity index (χ3n) is 3.57. The van der Waals surface area contributed by atoms with Crippen molar-refractivity contribution in [1.82, 2.24) is 5.32 Å². The van der Waals surface area contributed by atoms with Crippen molar-refractivity contribution in [2.75, 3.05) is 13.2 Å². The highest BCUT2D eigenvalue weighted by atomic mass is 79.9. The summed E-state index contributed by atoms with van der Waals surface area (Å²) >= 11 is 3.49. The van der Waals surface area contributed by atoms with Crippen LogP contribution in [-0.4, -0.2) is 19.2 Å². The summed E-state index contributed by atoms with van der Waals surface area (Å²) in [4.78, 5) is 0. The smallest absolute Gasteiger partial charge is 0.133 e. The Morgan fingerprint density at radius 1 is 1.33 bits per heavy atom. The van der Waals surface area contributed by atoms with E-state index in [1.165, 1.54) is 25.7 Å². The highest BCUT2D eigenvalue weighted by Gasteiger charge is 2.17. The molecule has 1 aliphatic carbocycles. The van der Waals surface area contributed by atoms with Gasteiger partial charge in [0.1, 0.15) is 12.4 Å². The van der Waals surface area contributed by atoms with E-state index in [4.69, 9.17) is 4.74 Å². The predicted molar refractivity (Wildman–Crippen MR) is 79.1 cm³/mol. The molecule has 1 aromatic rings. The number of ether oxygens (including phenoxy) is 1. The van der Waals surface area contributed by atoms with Gasteiger partial charge in [0.25, 0.3) is 0 Å². The molecule has 0 saturated heterocycles. The summed E-state index contributed by atoms with van der Waals surface area (Å²) in [5, 5.41) is 3.60. The van der Waals surface area contributed by atoms with Crippen LogP contribution in [0.3, 0.4) is 0 Å². The molecule has 18 heavy (non-hydrogen) atoms. The van der Waals surface area contributed by atoms with Crippen molar-refractivity contribution in [3.63, 3.8) is 0 Å². The van der Waals surface area contributed by atoms with E-state index >= 15 is 0 Å². The van der Waals surface area contributed by atoms with Gasteiger partial charge in [-0.15, -0.1) is 0 Å². The Labute approximate surface area is 118 Å². The molecule has 0 heterocycles. The maximum Gasteiger partial charge on any atom is 0.133 e. The van der Waals surface area contributed by atoms with Gasteiger partial charge in [0.05, 0.1) is 4.47 Å². The van der Waals surface area contributed by atoms with Crippen molar-refractivity contribution in [1.29, 1.82) is 0 Å². The van der Waals surface area contributed by atoms with Crippen molar-refractivity contribution in [2.45, 2.75) is 38.6 Å². The van der Waals surface area contributed by atoms with Gasteiger partial charge < -0.3 is 10.1 Å². The Balaban J connectivity index is 1.65. The van der Waals surface area contributed by atoms with Crippen molar-refractivity contribution in [3.8, 4) is 5.75 Å². The average molecular weight is 312 g/mol. The van der Waals surface area contributed by atoms with Crippen molar-refractivity contribution in [2.24, 2.45) is 5.92 Å². The lowest BCUT2D eigenvalue weighted by Crippen LogP contribution is -2.36. The van der Waals surface area contributed by atoms with E-state index in [0.29, 0.717) is 6.04 Å². The van der Waals surface area contributed by atoms with E-state index < -0.39 is 0 Å². The molecule has 2 nitrogen and oxygen atoms in total. The molecular formula is C15H22BrNO. The van der Waals surface area contributed by atoms with Crippen LogP contribution >= 0.6 is 15.9 Å². The minimum absolute atomic E-state index is 0.691. The molecule has 0 radical (unpaired) electrons. The van der Waals surface area contributed by atoms with Gasteiger partial charge in [-0.3, -0.25) is 0 Å². The highest BCUT2D eigenvalue weighted by Crippen LogP contribution is 2.24. The first kappa shape index (κ1) is 13.9. The lowest BCUT2D eigenvalue weighted by molar-refractivity contribution is 0.265. The van der Waals surface area contributed by atoms with E-state index in [1.807, 2.05) is 24.3 Å². The Bertz CT molecular complexity index is 369. The van der Waals surface area contributed by atoms with Gasteiger partial charge in [-0.25, -0.2) is 0 Å². The monoisotopic (exact) mass is 311 g/mol. The van der Waals surface area contributed by atoms with Crippen LogP contribution in [-0.2, 0) is 0 Å². The molecular weight excluding hydrogens is 290 g/mol. The third kappa shape index (κ3) is 4.29. The second-order valence-electron chi connectivity index (χ2n) is 5.20. The fourth-order valence-corrected chi connectivity index (χ4v) is 3.00. The summed E-state index contributed by atoms with van der Waals surface area (Å²) in [6, 6.07) is 8.68. The summed E-state index contributed by atoms with van der Waals surface area (Å²) in [6.45, 7) is 4.01. The van der Waals surface area contributed by atoms with Crippen LogP contribution in [0.15, 0.2) is 28.7 Å². The number of para-hydroxylation sites is 1. The van der Waals surface area contributed by atoms with Crippen LogP contribution in [0.2, 0.25) is 0 Å². The molecule has 2 atom stereocenters. The maximum atomic E-state index is 5.75. The van der Waals surface area contributed by atoms with E-state index in [0.717, 1.165) is 29.3 Å². The minimum Gasteiger partial charge on any atom is -0.491 e. The normalized spacial score (nSPS) is 23.9. The van der Waals surface area contributed by atoms with E-state index in [2.05, 4.69) is 28.2 Å². The Kier molecular flexibility index (Phi) is 5.51. The van der Waals surface area contributed by atoms with Gasteiger partial charge in [-0.05, 0) is 46.8 Å². The van der Waals surface area contributed by atoms with Crippen molar-refractivity contribution in [3.05, 3.63) is 28.7 Å². The average Bonchev–Trinajstić information content (AvgIpc) is 2.37. The van der Waals surface area contributed by atoms with Gasteiger partial charge in [0.2, 0.25) is 0 Å². The zero-order chi connectivity index (χ0) is 12.8. The SMILES string of the molecule is CC1CCCC(NCCOc2ccccc2Br)C1. The van der Waals surface area contributed by atoms with Gasteiger partial charge >= 0.3 is 0 Å². The molecule has 1 saturated carbocycles. The summed E-state index contributed by atoms with van der Waals surface area (Å²) in [5.74, 6) is 1.80. The zero-order valence-electron chi connectivity index (χ0n) is 11.0. The molecule has 1 aromatic carbocycles. The first-order valence-corrected chi connectivity index (χ1v) is 7.65. The topological polar surface area (TPSA) is 21.3 Å². The molecule has 0 amide bonds. The number of rotatable bonds is 5. The molecule has 0 aromatic heterocycles. The second-order valence-corrected chi connectivity index (χ2v) is 6.06. The number of halogens is 1. The Morgan fingerprint density at radius 2 is 2.17 bits per heavy atom. The quantitative estimate of drug-likeness (QED) is 0.830. The van der Waals surface area contributed by atoms with Gasteiger partial charge in [0.15, 0.2) is 0 Å². The van der Waals surface area contributed by atoms with Crippen molar-refractivity contribution >= 4 is 15.9 Å². The highest BCUT2D eigenvalue weighted by molar-refractivity contribution is 9.10. The number of hydrogen-bond donors (Lipinski definition) is 1. The zero-order valence-corrected chi connectivity index (χ0v) is 12.6. The van der Waals surface area contributed by atoms with Gasteiger partial charge in [-0.1, -0.05) is 31.9 Å². The first-order valence-electron chi connectivity index (χ1n) is 6.86. The van der Waals surface area contributed by atoms with Crippen LogP contribution in [0.25, 0.3) is 0 Å². The first-order chi connectivity index (χ1) is 8.75. The molecule has 2 rings (SSSR count). The molecule has 0 bridgehead atoms. The van der Waals surface area contributed by atoms with Crippen LogP contribution in [0.1, 0.15) is 32.6 Å². The summed E-state index contributed by atoms with van der Waals surface area (Å²) in [6.07, 6.45) is 5.39. The molecule has 1 fully saturated rings. The summed E-state index contributed by atoms with van der Waals surface area (Å²) < 4.78 is 6.77. The van der Waals surface area contributed by atoms with Crippen LogP contribution < -0.4 is 10.1 Å². The Hall–Kier alpha value is -0.540. The lowest BCUT2D eigenvalue weighted by Gasteiger charge is -2.27. The predicted octanol–water partition coefficient (Wildman–Crippen LogP) is 4.00. The molecule has 0 aliphatic heterocycles. The van der Waals surface area contributed by atoms with E-state index in [1.54, 1.807) is 0 Å². The van der Waals surface area contributed by atoms with E-state index in [9.17, 15) is 0 Å². The standard InChI is InChI=1S/C15H22BrNO/c1-12-5-4-6-13(11-12)17-9-10-18-15-8-3-2-7-14(15)16/h2-3,7-8,12-13,17H,4-6,9-11H2,1H3. The van der Waals surface area contributed by atoms with Crippen molar-refractivity contribution < 1.29 is 4.74 Å². The fraction of sp³-hybridized carbons (Fsp3) is 0.600. The number of hydrogen-bond acceptors (Lipinski definition) is 2. The van der Waals surface area contributed by atoms with Gasteiger partial charge in [0, 0.05) is 12.6 Å². The molecule has 100 valence electrons.